The van der Waals surface area contributed by atoms with Crippen molar-refractivity contribution < 1.29 is 8.78 Å². The summed E-state index contributed by atoms with van der Waals surface area (Å²) in [5, 5.41) is 4.05. The third-order valence-corrected chi connectivity index (χ3v) is 3.48. The SMILES string of the molecule is Nc1ccn(CCCSc2ccc(F)cc2F)n1. The number of nitrogen functional groups attached to an aromatic ring is 1. The van der Waals surface area contributed by atoms with Gasteiger partial charge in [-0.15, -0.1) is 11.8 Å². The summed E-state index contributed by atoms with van der Waals surface area (Å²) in [6, 6.07) is 5.35. The summed E-state index contributed by atoms with van der Waals surface area (Å²) in [5.74, 6) is 0.168. The monoisotopic (exact) mass is 269 g/mol. The van der Waals surface area contributed by atoms with Crippen LogP contribution in [-0.4, -0.2) is 15.5 Å². The minimum absolute atomic E-state index is 0.469. The summed E-state index contributed by atoms with van der Waals surface area (Å²) < 4.78 is 27.7. The van der Waals surface area contributed by atoms with E-state index in [1.807, 2.05) is 0 Å². The van der Waals surface area contributed by atoms with Crippen molar-refractivity contribution in [2.24, 2.45) is 0 Å². The number of rotatable bonds is 5. The van der Waals surface area contributed by atoms with Crippen LogP contribution in [0.5, 0.6) is 0 Å². The third-order valence-electron chi connectivity index (χ3n) is 2.34. The van der Waals surface area contributed by atoms with Crippen LogP contribution in [0.15, 0.2) is 35.4 Å². The van der Waals surface area contributed by atoms with Gasteiger partial charge in [-0.2, -0.15) is 5.10 Å². The van der Waals surface area contributed by atoms with Crippen LogP contribution in [0, 0.1) is 11.6 Å². The Morgan fingerprint density at radius 3 is 2.78 bits per heavy atom. The van der Waals surface area contributed by atoms with E-state index in [2.05, 4.69) is 5.10 Å². The van der Waals surface area contributed by atoms with Gasteiger partial charge in [0.05, 0.1) is 0 Å². The maximum absolute atomic E-state index is 13.3. The number of nitrogens with two attached hydrogens (primary N) is 1. The summed E-state index contributed by atoms with van der Waals surface area (Å²) in [4.78, 5) is 0.469. The van der Waals surface area contributed by atoms with Crippen LogP contribution >= 0.6 is 11.8 Å². The van der Waals surface area contributed by atoms with Crippen LogP contribution < -0.4 is 5.73 Å². The van der Waals surface area contributed by atoms with Gasteiger partial charge in [0.15, 0.2) is 0 Å². The van der Waals surface area contributed by atoms with Crippen molar-refractivity contribution >= 4 is 17.6 Å². The van der Waals surface area contributed by atoms with E-state index in [1.54, 1.807) is 16.9 Å². The fourth-order valence-corrected chi connectivity index (χ4v) is 2.36. The highest BCUT2D eigenvalue weighted by molar-refractivity contribution is 7.99. The van der Waals surface area contributed by atoms with E-state index in [4.69, 9.17) is 5.73 Å². The molecule has 2 rings (SSSR count). The van der Waals surface area contributed by atoms with Crippen LogP contribution in [-0.2, 0) is 6.54 Å². The topological polar surface area (TPSA) is 43.8 Å². The van der Waals surface area contributed by atoms with Gasteiger partial charge in [-0.25, -0.2) is 8.78 Å². The van der Waals surface area contributed by atoms with Gasteiger partial charge in [-0.3, -0.25) is 4.68 Å². The van der Waals surface area contributed by atoms with Crippen molar-refractivity contribution in [1.29, 1.82) is 0 Å². The number of halogens is 2. The van der Waals surface area contributed by atoms with E-state index in [9.17, 15) is 8.78 Å². The molecule has 0 aliphatic carbocycles. The average Bonchev–Trinajstić information content (AvgIpc) is 2.73. The zero-order valence-corrected chi connectivity index (χ0v) is 10.5. The number of anilines is 1. The first-order valence-electron chi connectivity index (χ1n) is 5.52. The van der Waals surface area contributed by atoms with Gasteiger partial charge < -0.3 is 5.73 Å². The summed E-state index contributed by atoms with van der Waals surface area (Å²) in [5.41, 5.74) is 5.49. The molecule has 0 saturated carbocycles. The van der Waals surface area contributed by atoms with Gasteiger partial charge in [0.2, 0.25) is 0 Å². The first kappa shape index (κ1) is 12.9. The fraction of sp³-hybridized carbons (Fsp3) is 0.250. The molecule has 0 atom stereocenters. The number of nitrogens with zero attached hydrogens (tertiary/aromatic N) is 2. The van der Waals surface area contributed by atoms with E-state index in [1.165, 1.54) is 23.9 Å². The van der Waals surface area contributed by atoms with Crippen molar-refractivity contribution in [3.8, 4) is 0 Å². The lowest BCUT2D eigenvalue weighted by Crippen LogP contribution is -2.00. The molecule has 96 valence electrons. The third kappa shape index (κ3) is 3.46. The second-order valence-electron chi connectivity index (χ2n) is 3.78. The molecule has 0 saturated heterocycles. The van der Waals surface area contributed by atoms with E-state index in [-0.39, 0.29) is 0 Å². The Hall–Kier alpha value is -1.56. The summed E-state index contributed by atoms with van der Waals surface area (Å²) in [6.07, 6.45) is 2.64. The Bertz CT molecular complexity index is 528. The summed E-state index contributed by atoms with van der Waals surface area (Å²) in [7, 11) is 0. The second-order valence-corrected chi connectivity index (χ2v) is 4.92. The normalized spacial score (nSPS) is 10.8. The van der Waals surface area contributed by atoms with Gasteiger partial charge in [0.25, 0.3) is 0 Å². The molecule has 18 heavy (non-hydrogen) atoms. The van der Waals surface area contributed by atoms with Crippen LogP contribution in [0.2, 0.25) is 0 Å². The molecule has 1 aromatic heterocycles. The molecule has 0 unspecified atom stereocenters. The second kappa shape index (κ2) is 5.86. The van der Waals surface area contributed by atoms with Crippen molar-refractivity contribution in [3.05, 3.63) is 42.1 Å². The molecule has 0 fully saturated rings. The van der Waals surface area contributed by atoms with Crippen LogP contribution in [0.25, 0.3) is 0 Å². The predicted octanol–water partition coefficient (Wildman–Crippen LogP) is 2.93. The first-order valence-corrected chi connectivity index (χ1v) is 6.50. The number of hydrogen-bond donors (Lipinski definition) is 1. The van der Waals surface area contributed by atoms with Crippen LogP contribution in [0.3, 0.4) is 0 Å². The van der Waals surface area contributed by atoms with Crippen molar-refractivity contribution in [1.82, 2.24) is 9.78 Å². The molecule has 2 aromatic rings. The molecule has 0 radical (unpaired) electrons. The number of benzene rings is 1. The quantitative estimate of drug-likeness (QED) is 0.670. The lowest BCUT2D eigenvalue weighted by molar-refractivity contribution is 0.565. The van der Waals surface area contributed by atoms with Crippen molar-refractivity contribution in [3.63, 3.8) is 0 Å². The van der Waals surface area contributed by atoms with Crippen LogP contribution in [0.4, 0.5) is 14.6 Å². The summed E-state index contributed by atoms with van der Waals surface area (Å²) in [6.45, 7) is 0.729. The molecule has 1 aromatic carbocycles. The lowest BCUT2D eigenvalue weighted by Gasteiger charge is -2.03. The Morgan fingerprint density at radius 1 is 1.28 bits per heavy atom. The van der Waals surface area contributed by atoms with Gasteiger partial charge >= 0.3 is 0 Å². The van der Waals surface area contributed by atoms with E-state index >= 15 is 0 Å². The van der Waals surface area contributed by atoms with Crippen LogP contribution in [0.1, 0.15) is 6.42 Å². The van der Waals surface area contributed by atoms with E-state index in [0.29, 0.717) is 10.7 Å². The molecule has 1 heterocycles. The lowest BCUT2D eigenvalue weighted by atomic mass is 10.3. The molecule has 2 N–H and O–H groups in total. The standard InChI is InChI=1S/C12H13F2N3S/c13-9-2-3-11(10(14)8-9)18-7-1-5-17-6-4-12(15)16-17/h2-4,6,8H,1,5,7H2,(H2,15,16). The molecule has 0 amide bonds. The Kier molecular flexibility index (Phi) is 4.19. The largest absolute Gasteiger partial charge is 0.382 e. The van der Waals surface area contributed by atoms with E-state index < -0.39 is 11.6 Å². The van der Waals surface area contributed by atoms with E-state index in [0.717, 1.165) is 24.8 Å². The van der Waals surface area contributed by atoms with Crippen molar-refractivity contribution in [2.75, 3.05) is 11.5 Å². The molecular formula is C12H13F2N3S. The molecular weight excluding hydrogens is 256 g/mol. The highest BCUT2D eigenvalue weighted by atomic mass is 32.2. The number of aromatic nitrogens is 2. The molecule has 6 heteroatoms. The Morgan fingerprint density at radius 2 is 2.11 bits per heavy atom. The number of aryl methyl sites for hydroxylation is 1. The maximum atomic E-state index is 13.3. The minimum Gasteiger partial charge on any atom is -0.382 e. The van der Waals surface area contributed by atoms with Gasteiger partial charge in [-0.05, 0) is 30.4 Å². The molecule has 0 spiro atoms. The zero-order valence-electron chi connectivity index (χ0n) is 9.64. The fourth-order valence-electron chi connectivity index (χ4n) is 1.50. The van der Waals surface area contributed by atoms with Gasteiger partial charge in [0.1, 0.15) is 17.5 Å². The molecule has 0 aliphatic heterocycles. The minimum atomic E-state index is -0.552. The average molecular weight is 269 g/mol. The Labute approximate surface area is 108 Å². The van der Waals surface area contributed by atoms with Crippen molar-refractivity contribution in [2.45, 2.75) is 17.9 Å². The summed E-state index contributed by atoms with van der Waals surface area (Å²) >= 11 is 1.37. The maximum Gasteiger partial charge on any atom is 0.145 e. The Balaban J connectivity index is 1.78. The highest BCUT2D eigenvalue weighted by Crippen LogP contribution is 2.23. The smallest absolute Gasteiger partial charge is 0.145 e. The van der Waals surface area contributed by atoms with Gasteiger partial charge in [0, 0.05) is 23.7 Å². The zero-order chi connectivity index (χ0) is 13.0. The predicted molar refractivity (Wildman–Crippen MR) is 68.3 cm³/mol. The first-order chi connectivity index (χ1) is 8.65. The molecule has 0 aliphatic rings. The highest BCUT2D eigenvalue weighted by Gasteiger charge is 2.04. The number of thioether (sulfide) groups is 1. The number of hydrogen-bond acceptors (Lipinski definition) is 3. The van der Waals surface area contributed by atoms with Gasteiger partial charge in [-0.1, -0.05) is 0 Å². The molecule has 3 nitrogen and oxygen atoms in total. The molecule has 0 bridgehead atoms.